The zero-order chi connectivity index (χ0) is 16.6. The van der Waals surface area contributed by atoms with Gasteiger partial charge in [-0.2, -0.15) is 0 Å². The highest BCUT2D eigenvalue weighted by Gasteiger charge is 2.20. The van der Waals surface area contributed by atoms with Crippen molar-refractivity contribution < 1.29 is 13.6 Å². The second kappa shape index (κ2) is 5.88. The van der Waals surface area contributed by atoms with Crippen LogP contribution < -0.4 is 5.32 Å². The minimum absolute atomic E-state index is 0.118. The zero-order valence-electron chi connectivity index (χ0n) is 13.3. The maximum atomic E-state index is 13.8. The smallest absolute Gasteiger partial charge is 0.291 e. The molecule has 0 unspecified atom stereocenters. The van der Waals surface area contributed by atoms with Crippen molar-refractivity contribution in [1.82, 2.24) is 0 Å². The molecule has 3 nitrogen and oxygen atoms in total. The molecule has 0 aliphatic heterocycles. The van der Waals surface area contributed by atoms with E-state index in [0.29, 0.717) is 10.9 Å². The molecule has 0 saturated carbocycles. The molecular weight excluding hydrogens is 293 g/mol. The Morgan fingerprint density at radius 1 is 1.13 bits per heavy atom. The van der Waals surface area contributed by atoms with E-state index in [1.165, 1.54) is 6.07 Å². The van der Waals surface area contributed by atoms with Crippen LogP contribution in [0.2, 0.25) is 0 Å². The summed E-state index contributed by atoms with van der Waals surface area (Å²) in [6.45, 7) is 5.88. The maximum absolute atomic E-state index is 13.8. The second-order valence-corrected chi connectivity index (χ2v) is 5.87. The molecule has 3 rings (SSSR count). The predicted octanol–water partition coefficient (Wildman–Crippen LogP) is 5.26. The van der Waals surface area contributed by atoms with E-state index in [9.17, 15) is 9.18 Å². The van der Waals surface area contributed by atoms with Gasteiger partial charge in [0, 0.05) is 16.6 Å². The van der Waals surface area contributed by atoms with E-state index in [1.54, 1.807) is 19.1 Å². The van der Waals surface area contributed by atoms with Crippen LogP contribution in [0, 0.1) is 12.7 Å². The third kappa shape index (κ3) is 2.72. The lowest BCUT2D eigenvalue weighted by atomic mass is 10.0. The molecule has 0 saturated heterocycles. The van der Waals surface area contributed by atoms with Crippen molar-refractivity contribution in [2.24, 2.45) is 0 Å². The minimum Gasteiger partial charge on any atom is -0.448 e. The molecule has 1 aromatic heterocycles. The summed E-state index contributed by atoms with van der Waals surface area (Å²) in [4.78, 5) is 12.6. The van der Waals surface area contributed by atoms with E-state index < -0.39 is 5.82 Å². The average molecular weight is 311 g/mol. The van der Waals surface area contributed by atoms with Crippen LogP contribution in [0.1, 0.15) is 41.4 Å². The molecule has 3 aromatic rings. The van der Waals surface area contributed by atoms with Crippen molar-refractivity contribution in [1.29, 1.82) is 0 Å². The van der Waals surface area contributed by atoms with Gasteiger partial charge in [-0.05, 0) is 30.5 Å². The van der Waals surface area contributed by atoms with Crippen LogP contribution in [0.3, 0.4) is 0 Å². The highest BCUT2D eigenvalue weighted by atomic mass is 19.1. The Balaban J connectivity index is 1.99. The van der Waals surface area contributed by atoms with Crippen LogP contribution in [0.25, 0.3) is 11.0 Å². The number of carbonyl (C=O) groups excluding carboxylic acids is 1. The van der Waals surface area contributed by atoms with Crippen molar-refractivity contribution in [2.75, 3.05) is 5.32 Å². The first-order chi connectivity index (χ1) is 11.0. The van der Waals surface area contributed by atoms with Crippen molar-refractivity contribution in [3.63, 3.8) is 0 Å². The zero-order valence-corrected chi connectivity index (χ0v) is 13.3. The first-order valence-electron chi connectivity index (χ1n) is 7.57. The Morgan fingerprint density at radius 2 is 1.87 bits per heavy atom. The molecule has 0 radical (unpaired) electrons. The van der Waals surface area contributed by atoms with Crippen LogP contribution in [0.15, 0.2) is 46.9 Å². The van der Waals surface area contributed by atoms with Crippen LogP contribution >= 0.6 is 0 Å². The number of amides is 1. The molecule has 1 heterocycles. The summed E-state index contributed by atoms with van der Waals surface area (Å²) in [5.74, 6) is -0.414. The molecule has 0 bridgehead atoms. The van der Waals surface area contributed by atoms with Crippen molar-refractivity contribution in [3.05, 3.63) is 65.2 Å². The molecule has 1 N–H and O–H groups in total. The van der Waals surface area contributed by atoms with Gasteiger partial charge in [-0.1, -0.05) is 44.2 Å². The van der Waals surface area contributed by atoms with E-state index in [2.05, 4.69) is 19.2 Å². The van der Waals surface area contributed by atoms with Gasteiger partial charge in [0.1, 0.15) is 0 Å². The monoisotopic (exact) mass is 311 g/mol. The molecule has 1 amide bonds. The first-order valence-corrected chi connectivity index (χ1v) is 7.57. The number of halogens is 1. The number of para-hydroxylation sites is 2. The number of hydrogen-bond donors (Lipinski definition) is 1. The standard InChI is InChI=1S/C19H18FNO2/c1-11(2)13-7-4-5-10-16(13)21-19(22)17-12(3)14-8-6-9-15(20)18(14)23-17/h4-11H,1-3H3,(H,21,22). The number of hydrogen-bond acceptors (Lipinski definition) is 2. The van der Waals surface area contributed by atoms with Gasteiger partial charge in [-0.3, -0.25) is 4.79 Å². The number of furan rings is 1. The van der Waals surface area contributed by atoms with Gasteiger partial charge in [0.2, 0.25) is 0 Å². The summed E-state index contributed by atoms with van der Waals surface area (Å²) in [5.41, 5.74) is 2.54. The SMILES string of the molecule is Cc1c(C(=O)Nc2ccccc2C(C)C)oc2c(F)cccc12. The van der Waals surface area contributed by atoms with Crippen LogP contribution in [0.4, 0.5) is 10.1 Å². The first kappa shape index (κ1) is 15.3. The van der Waals surface area contributed by atoms with Gasteiger partial charge in [0.15, 0.2) is 17.2 Å². The average Bonchev–Trinajstić information content (AvgIpc) is 2.86. The molecule has 4 heteroatoms. The quantitative estimate of drug-likeness (QED) is 0.717. The van der Waals surface area contributed by atoms with Gasteiger partial charge in [0.25, 0.3) is 5.91 Å². The van der Waals surface area contributed by atoms with E-state index >= 15 is 0 Å². The molecule has 0 spiro atoms. The normalized spacial score (nSPS) is 11.2. The molecule has 0 atom stereocenters. The minimum atomic E-state index is -0.466. The number of benzene rings is 2. The summed E-state index contributed by atoms with van der Waals surface area (Å²) in [7, 11) is 0. The number of fused-ring (bicyclic) bond motifs is 1. The second-order valence-electron chi connectivity index (χ2n) is 5.87. The number of carbonyl (C=O) groups is 1. The Hall–Kier alpha value is -2.62. The molecule has 118 valence electrons. The van der Waals surface area contributed by atoms with E-state index in [-0.39, 0.29) is 23.2 Å². The topological polar surface area (TPSA) is 42.2 Å². The summed E-state index contributed by atoms with van der Waals surface area (Å²) in [5, 5.41) is 3.49. The van der Waals surface area contributed by atoms with E-state index in [1.807, 2.05) is 24.3 Å². The maximum Gasteiger partial charge on any atom is 0.291 e. The molecule has 0 aliphatic carbocycles. The fourth-order valence-corrected chi connectivity index (χ4v) is 2.72. The molecule has 2 aromatic carbocycles. The van der Waals surface area contributed by atoms with Gasteiger partial charge in [0.05, 0.1) is 0 Å². The third-order valence-electron chi connectivity index (χ3n) is 3.95. The Morgan fingerprint density at radius 3 is 2.57 bits per heavy atom. The lowest BCUT2D eigenvalue weighted by Crippen LogP contribution is -2.13. The number of rotatable bonds is 3. The van der Waals surface area contributed by atoms with Crippen molar-refractivity contribution in [2.45, 2.75) is 26.7 Å². The lowest BCUT2D eigenvalue weighted by molar-refractivity contribution is 0.0997. The Labute approximate surface area is 134 Å². The predicted molar refractivity (Wildman–Crippen MR) is 89.4 cm³/mol. The Kier molecular flexibility index (Phi) is 3.90. The summed E-state index contributed by atoms with van der Waals surface area (Å²) in [6, 6.07) is 12.3. The molecule has 0 fully saturated rings. The Bertz CT molecular complexity index is 880. The van der Waals surface area contributed by atoms with Crippen LogP contribution in [-0.2, 0) is 0 Å². The highest BCUT2D eigenvalue weighted by Crippen LogP contribution is 2.29. The third-order valence-corrected chi connectivity index (χ3v) is 3.95. The number of aryl methyl sites for hydroxylation is 1. The van der Waals surface area contributed by atoms with Crippen molar-refractivity contribution in [3.8, 4) is 0 Å². The number of anilines is 1. The lowest BCUT2D eigenvalue weighted by Gasteiger charge is -2.13. The van der Waals surface area contributed by atoms with Gasteiger partial charge < -0.3 is 9.73 Å². The fraction of sp³-hybridized carbons (Fsp3) is 0.211. The van der Waals surface area contributed by atoms with Gasteiger partial charge >= 0.3 is 0 Å². The largest absolute Gasteiger partial charge is 0.448 e. The van der Waals surface area contributed by atoms with E-state index in [4.69, 9.17) is 4.42 Å². The van der Waals surface area contributed by atoms with Gasteiger partial charge in [-0.25, -0.2) is 4.39 Å². The highest BCUT2D eigenvalue weighted by molar-refractivity contribution is 6.06. The summed E-state index contributed by atoms with van der Waals surface area (Å²) < 4.78 is 19.3. The summed E-state index contributed by atoms with van der Waals surface area (Å²) in [6.07, 6.45) is 0. The fourth-order valence-electron chi connectivity index (χ4n) is 2.72. The summed E-state index contributed by atoms with van der Waals surface area (Å²) >= 11 is 0. The van der Waals surface area contributed by atoms with Gasteiger partial charge in [-0.15, -0.1) is 0 Å². The molecular formula is C19H18FNO2. The van der Waals surface area contributed by atoms with Crippen molar-refractivity contribution >= 4 is 22.6 Å². The molecule has 23 heavy (non-hydrogen) atoms. The van der Waals surface area contributed by atoms with Crippen LogP contribution in [-0.4, -0.2) is 5.91 Å². The van der Waals surface area contributed by atoms with Crippen LogP contribution in [0.5, 0.6) is 0 Å². The molecule has 0 aliphatic rings. The van der Waals surface area contributed by atoms with E-state index in [0.717, 1.165) is 11.3 Å². The number of nitrogens with one attached hydrogen (secondary N) is 1.